The van der Waals surface area contributed by atoms with Crippen LogP contribution in [0.3, 0.4) is 0 Å². The van der Waals surface area contributed by atoms with Crippen LogP contribution in [0.15, 0.2) is 54.6 Å². The molecule has 10 atom stereocenters. The van der Waals surface area contributed by atoms with Crippen LogP contribution in [0.4, 0.5) is 0 Å². The summed E-state index contributed by atoms with van der Waals surface area (Å²) in [6, 6.07) is 9.71. The summed E-state index contributed by atoms with van der Waals surface area (Å²) in [4.78, 5) is 133. The van der Waals surface area contributed by atoms with E-state index >= 15 is 0 Å². The van der Waals surface area contributed by atoms with Gasteiger partial charge in [0.15, 0.2) is 12.1 Å². The Morgan fingerprint density at radius 2 is 1.22 bits per heavy atom. The highest BCUT2D eigenvalue weighted by atomic mass is 16.7. The van der Waals surface area contributed by atoms with Gasteiger partial charge >= 0.3 is 13.1 Å². The zero-order chi connectivity index (χ0) is 66.5. The summed E-state index contributed by atoms with van der Waals surface area (Å²) in [6.07, 6.45) is 0.788. The van der Waals surface area contributed by atoms with Gasteiger partial charge in [-0.05, 0) is 107 Å². The third-order valence-corrected chi connectivity index (χ3v) is 17.9. The van der Waals surface area contributed by atoms with Gasteiger partial charge in [-0.1, -0.05) is 130 Å². The van der Waals surface area contributed by atoms with Gasteiger partial charge in [0.25, 0.3) is 5.91 Å². The molecule has 2 aliphatic heterocycles. The predicted octanol–water partition coefficient (Wildman–Crippen LogP) is 4.82. The molecule has 2 aromatic carbocycles. The fourth-order valence-electron chi connectivity index (χ4n) is 11.5. The molecular formula is C66H105BN8O13. The van der Waals surface area contributed by atoms with Crippen LogP contribution >= 0.6 is 0 Å². The molecule has 0 bridgehead atoms. The number of benzene rings is 2. The van der Waals surface area contributed by atoms with E-state index in [0.717, 1.165) is 21.5 Å². The van der Waals surface area contributed by atoms with E-state index in [1.165, 1.54) is 51.8 Å². The molecule has 0 radical (unpaired) electrons. The minimum Gasteiger partial charge on any atom is -0.450 e. The largest absolute Gasteiger partial charge is 0.494 e. The van der Waals surface area contributed by atoms with Gasteiger partial charge in [-0.2, -0.15) is 0 Å². The molecule has 0 saturated carbocycles. The predicted molar refractivity (Wildman–Crippen MR) is 339 cm³/mol. The van der Waals surface area contributed by atoms with Crippen molar-refractivity contribution in [2.24, 2.45) is 35.5 Å². The Morgan fingerprint density at radius 1 is 0.693 bits per heavy atom. The normalized spacial score (nSPS) is 18.7. The number of carbonyl (C=O) groups is 9. The number of rotatable bonds is 30. The van der Waals surface area contributed by atoms with E-state index in [1.54, 1.807) is 46.4 Å². The number of nitrogens with one attached hydrogen (secondary N) is 4. The van der Waals surface area contributed by atoms with Crippen molar-refractivity contribution in [1.29, 1.82) is 0 Å². The van der Waals surface area contributed by atoms with Gasteiger partial charge in [0.05, 0.1) is 22.7 Å². The molecule has 2 heterocycles. The highest BCUT2D eigenvalue weighted by molar-refractivity contribution is 6.62. The number of hydrogen-bond acceptors (Lipinski definition) is 13. The summed E-state index contributed by atoms with van der Waals surface area (Å²) in [5, 5.41) is 23.0. The molecule has 0 aromatic heterocycles. The number of amides is 8. The van der Waals surface area contributed by atoms with Crippen LogP contribution < -0.4 is 26.7 Å². The first kappa shape index (κ1) is 74.1. The molecule has 8 amide bonds. The van der Waals surface area contributed by atoms with Gasteiger partial charge in [-0.15, -0.1) is 0 Å². The zero-order valence-corrected chi connectivity index (χ0v) is 56.3. The molecule has 490 valence electrons. The molecular weight excluding hydrogens is 1120 g/mol. The molecule has 21 nitrogen and oxygen atoms in total. The summed E-state index contributed by atoms with van der Waals surface area (Å²) in [6.45, 7) is 29.1. The second-order valence-corrected chi connectivity index (χ2v) is 27.1. The maximum Gasteiger partial charge on any atom is 0.494 e. The first-order valence-electron chi connectivity index (χ1n) is 31.5. The number of likely N-dealkylation sites (tertiary alicyclic amines) is 1. The van der Waals surface area contributed by atoms with Crippen molar-refractivity contribution >= 4 is 65.8 Å². The van der Waals surface area contributed by atoms with E-state index in [0.29, 0.717) is 32.2 Å². The van der Waals surface area contributed by atoms with Crippen LogP contribution in [-0.4, -0.2) is 185 Å². The minimum atomic E-state index is -1.98. The van der Waals surface area contributed by atoms with Crippen LogP contribution in [0, 0.1) is 35.5 Å². The maximum atomic E-state index is 14.9. The number of carbonyl (C=O) groups excluding carboxylic acids is 9. The number of ether oxygens (including phenoxy) is 1. The van der Waals surface area contributed by atoms with Crippen molar-refractivity contribution in [3.05, 3.63) is 65.7 Å². The summed E-state index contributed by atoms with van der Waals surface area (Å²) in [5.74, 6) is -8.00. The number of hydrogen-bond donors (Lipinski definition) is 5. The lowest BCUT2D eigenvalue weighted by molar-refractivity contribution is -0.177. The fraction of sp³-hybridized carbons (Fsp3) is 0.682. The maximum absolute atomic E-state index is 14.9. The Balaban J connectivity index is 1.47. The molecule has 5 N–H and O–H groups in total. The first-order chi connectivity index (χ1) is 40.9. The van der Waals surface area contributed by atoms with E-state index in [4.69, 9.17) is 14.0 Å². The number of esters is 1. The quantitative estimate of drug-likeness (QED) is 0.0520. The smallest absolute Gasteiger partial charge is 0.450 e. The summed E-state index contributed by atoms with van der Waals surface area (Å²) < 4.78 is 18.4. The van der Waals surface area contributed by atoms with Gasteiger partial charge in [0.1, 0.15) is 30.2 Å². The van der Waals surface area contributed by atoms with E-state index < -0.39 is 131 Å². The lowest BCUT2D eigenvalue weighted by atomic mass is 9.78. The van der Waals surface area contributed by atoms with E-state index in [1.807, 2.05) is 110 Å². The number of nitrogens with zero attached hydrogens (tertiary/aromatic N) is 4. The van der Waals surface area contributed by atoms with Crippen molar-refractivity contribution in [3.8, 4) is 0 Å². The third-order valence-electron chi connectivity index (χ3n) is 17.9. The lowest BCUT2D eigenvalue weighted by Crippen LogP contribution is -2.63. The Bertz CT molecular complexity index is 2700. The molecule has 0 aliphatic carbocycles. The molecule has 2 fully saturated rings. The van der Waals surface area contributed by atoms with Crippen LogP contribution in [0.1, 0.15) is 154 Å². The molecule has 2 saturated heterocycles. The van der Waals surface area contributed by atoms with Gasteiger partial charge in [-0.25, -0.2) is 4.79 Å². The SMILES string of the molecule is CCC(C)C(NC(=O)C1CCN(C(=O)CCc2ccc(B3OC(C)(C)C(C)(C)O3)cc2)C1)C(=O)N(C)[C@H](C(=O)NC(CC(C)C)C(=O)N(C)C(C(=O)O[C@@H](C(=O)N(C)[C@H](C(=O)NC(Cc1ccccc1)C(=O)NC)C(C)C)C(C)CC)C(C)(C)O)C(C)C. The zero-order valence-electron chi connectivity index (χ0n) is 56.3. The number of aliphatic hydroxyl groups is 1. The van der Waals surface area contributed by atoms with E-state index in [9.17, 15) is 48.3 Å². The molecule has 88 heavy (non-hydrogen) atoms. The second kappa shape index (κ2) is 31.9. The Morgan fingerprint density at radius 3 is 1.70 bits per heavy atom. The monoisotopic (exact) mass is 1230 g/mol. The van der Waals surface area contributed by atoms with Crippen molar-refractivity contribution < 1.29 is 62.3 Å². The molecule has 4 rings (SSSR count). The highest BCUT2D eigenvalue weighted by Crippen LogP contribution is 2.36. The van der Waals surface area contributed by atoms with Crippen LogP contribution in [0.2, 0.25) is 0 Å². The van der Waals surface area contributed by atoms with Gasteiger partial charge in [-0.3, -0.25) is 38.4 Å². The van der Waals surface area contributed by atoms with Crippen molar-refractivity contribution in [2.75, 3.05) is 41.3 Å². The fourth-order valence-corrected chi connectivity index (χ4v) is 11.5. The Hall–Kier alpha value is -6.39. The third kappa shape index (κ3) is 19.1. The average Bonchev–Trinajstić information content (AvgIpc) is 2.42. The van der Waals surface area contributed by atoms with E-state index in [2.05, 4.69) is 21.3 Å². The Labute approximate surface area is 524 Å². The van der Waals surface area contributed by atoms with Crippen LogP contribution in [0.5, 0.6) is 0 Å². The van der Waals surface area contributed by atoms with Crippen molar-refractivity contribution in [2.45, 2.75) is 215 Å². The van der Waals surface area contributed by atoms with E-state index in [-0.39, 0.29) is 49.5 Å². The topological polar surface area (TPSA) is 263 Å². The molecule has 0 spiro atoms. The summed E-state index contributed by atoms with van der Waals surface area (Å²) in [7, 11) is 5.17. The summed E-state index contributed by atoms with van der Waals surface area (Å²) >= 11 is 0. The van der Waals surface area contributed by atoms with Gasteiger partial charge < -0.3 is 60.0 Å². The standard InChI is InChI=1S/C66H105BN8O13/c1-21-42(9)51(71-56(77)46-34-35-75(38-46)50(76)33-30-44-28-31-47(32-29-44)67-87-65(13,14)66(15,16)88-67)61(82)72(18)52(40(5)6)59(80)70-49(36-39(3)4)60(81)74(20)55(64(11,12)85)63(84)86-54(43(10)22-2)62(83)73(19)53(41(7)8)58(79)69-48(57(78)68-17)37-45-26-24-23-25-27-45/h23-29,31-32,39-43,46,48-49,51-55,85H,21-22,30,33-38H2,1-20H3,(H,68,78)(H,69,79)(H,70,80)(H,71,77)/t42?,43?,46?,48?,49?,51?,52-,53-,54+,55?/m0/s1. The number of aryl methyl sites for hydroxylation is 1. The van der Waals surface area contributed by atoms with Gasteiger partial charge in [0.2, 0.25) is 41.4 Å². The second-order valence-electron chi connectivity index (χ2n) is 27.1. The van der Waals surface area contributed by atoms with Crippen LogP contribution in [-0.2, 0) is 70.0 Å². The van der Waals surface area contributed by atoms with Crippen LogP contribution in [0.25, 0.3) is 0 Å². The molecule has 7 unspecified atom stereocenters. The highest BCUT2D eigenvalue weighted by Gasteiger charge is 2.52. The van der Waals surface area contributed by atoms with Crippen molar-refractivity contribution in [3.63, 3.8) is 0 Å². The molecule has 2 aromatic rings. The first-order valence-corrected chi connectivity index (χ1v) is 31.5. The molecule has 22 heteroatoms. The van der Waals surface area contributed by atoms with Crippen molar-refractivity contribution in [1.82, 2.24) is 40.9 Å². The molecule has 2 aliphatic rings. The lowest BCUT2D eigenvalue weighted by Gasteiger charge is -2.39. The van der Waals surface area contributed by atoms with Gasteiger partial charge in [0, 0.05) is 60.0 Å². The average molecular weight is 1230 g/mol. The summed E-state index contributed by atoms with van der Waals surface area (Å²) in [5.41, 5.74) is -0.241. The number of likely N-dealkylation sites (N-methyl/N-ethyl adjacent to an activating group) is 4. The Kier molecular flexibility index (Phi) is 26.8. The minimum absolute atomic E-state index is 0.0810.